The maximum atomic E-state index is 13.0. The molecule has 2 N–H and O–H groups in total. The van der Waals surface area contributed by atoms with Gasteiger partial charge in [-0.05, 0) is 29.6 Å². The Kier molecular flexibility index (Phi) is 7.14. The number of thiol groups is 1. The summed E-state index contributed by atoms with van der Waals surface area (Å²) in [5, 5.41) is 5.35. The molecule has 6 nitrogen and oxygen atoms in total. The molecule has 2 unspecified atom stereocenters. The second-order valence-corrected chi connectivity index (χ2v) is 13.0. The second kappa shape index (κ2) is 7.87. The molecule has 0 aromatic carbocycles. The van der Waals surface area contributed by atoms with E-state index >= 15 is 0 Å². The molecule has 26 heavy (non-hydrogen) atoms. The number of hydrogen-bond acceptors (Lipinski definition) is 4. The van der Waals surface area contributed by atoms with Gasteiger partial charge in [0.2, 0.25) is 10.0 Å². The first-order valence-corrected chi connectivity index (χ1v) is 11.3. The first kappa shape index (κ1) is 23.6. The highest BCUT2D eigenvalue weighted by atomic mass is 32.2. The lowest BCUT2D eigenvalue weighted by Gasteiger charge is -2.37. The fourth-order valence-electron chi connectivity index (χ4n) is 3.87. The van der Waals surface area contributed by atoms with Gasteiger partial charge in [0, 0.05) is 19.1 Å². The van der Waals surface area contributed by atoms with Crippen molar-refractivity contribution in [3.8, 4) is 0 Å². The van der Waals surface area contributed by atoms with Crippen LogP contribution in [0.4, 0.5) is 4.79 Å². The maximum absolute atomic E-state index is 13.0. The van der Waals surface area contributed by atoms with Crippen LogP contribution < -0.4 is 10.6 Å². The summed E-state index contributed by atoms with van der Waals surface area (Å²) in [4.78, 5) is 12.2. The van der Waals surface area contributed by atoms with Gasteiger partial charge in [-0.15, -0.1) is 0 Å². The van der Waals surface area contributed by atoms with Crippen LogP contribution in [0.15, 0.2) is 0 Å². The summed E-state index contributed by atoms with van der Waals surface area (Å²) in [6.07, 6.45) is 0.834. The lowest BCUT2D eigenvalue weighted by molar-refractivity contribution is 0.167. The Bertz CT molecular complexity index is 608. The molecule has 0 saturated carbocycles. The van der Waals surface area contributed by atoms with Crippen LogP contribution in [0.1, 0.15) is 61.8 Å². The smallest absolute Gasteiger partial charge is 0.315 e. The molecule has 8 heteroatoms. The standard InChI is InChI=1S/C18H37N3O3S2/c1-13(25)19-15(22)20-14(16(2,3)4)9-21-11-17(5,6)10-18(7,8)12-26(21,23)24/h13-14,25H,9-12H2,1-8H3,(H2,19,20,22). The fraction of sp³-hybridized carbons (Fsp3) is 0.944. The number of nitrogens with zero attached hydrogens (tertiary/aromatic N) is 1. The van der Waals surface area contributed by atoms with Gasteiger partial charge in [0.15, 0.2) is 0 Å². The predicted octanol–water partition coefficient (Wildman–Crippen LogP) is 3.06. The number of carbonyl (C=O) groups excluding carboxylic acids is 1. The minimum Gasteiger partial charge on any atom is -0.334 e. The van der Waals surface area contributed by atoms with Crippen molar-refractivity contribution in [2.24, 2.45) is 16.2 Å². The van der Waals surface area contributed by atoms with Gasteiger partial charge in [-0.3, -0.25) is 0 Å². The van der Waals surface area contributed by atoms with Crippen LogP contribution in [0, 0.1) is 16.2 Å². The molecule has 0 aromatic heterocycles. The molecule has 1 aliphatic heterocycles. The average molecular weight is 408 g/mol. The normalized spacial score (nSPS) is 25.0. The largest absolute Gasteiger partial charge is 0.334 e. The Morgan fingerprint density at radius 3 is 2.15 bits per heavy atom. The Morgan fingerprint density at radius 1 is 1.15 bits per heavy atom. The van der Waals surface area contributed by atoms with Crippen molar-refractivity contribution in [2.45, 2.75) is 73.2 Å². The monoisotopic (exact) mass is 407 g/mol. The van der Waals surface area contributed by atoms with Crippen LogP contribution in [0.5, 0.6) is 0 Å². The van der Waals surface area contributed by atoms with Gasteiger partial charge in [-0.1, -0.05) is 48.5 Å². The molecule has 2 atom stereocenters. The molecule has 0 aliphatic carbocycles. The van der Waals surface area contributed by atoms with Crippen molar-refractivity contribution < 1.29 is 13.2 Å². The van der Waals surface area contributed by atoms with Crippen LogP contribution in [0.3, 0.4) is 0 Å². The fourth-order valence-corrected chi connectivity index (χ4v) is 6.18. The molecule has 0 spiro atoms. The molecular formula is C18H37N3O3S2. The highest BCUT2D eigenvalue weighted by molar-refractivity contribution is 7.89. The van der Waals surface area contributed by atoms with Gasteiger partial charge in [0.25, 0.3) is 0 Å². The van der Waals surface area contributed by atoms with E-state index in [-0.39, 0.29) is 46.0 Å². The number of carbonyl (C=O) groups is 1. The van der Waals surface area contributed by atoms with Gasteiger partial charge >= 0.3 is 6.03 Å². The topological polar surface area (TPSA) is 78.5 Å². The van der Waals surface area contributed by atoms with E-state index in [0.29, 0.717) is 6.54 Å². The van der Waals surface area contributed by atoms with E-state index in [2.05, 4.69) is 37.1 Å². The molecule has 2 amide bonds. The minimum atomic E-state index is -3.41. The van der Waals surface area contributed by atoms with Crippen LogP contribution in [-0.2, 0) is 10.0 Å². The number of nitrogens with one attached hydrogen (secondary N) is 2. The summed E-state index contributed by atoms with van der Waals surface area (Å²) in [7, 11) is -3.41. The van der Waals surface area contributed by atoms with Gasteiger partial charge in [0.05, 0.1) is 11.1 Å². The molecule has 1 heterocycles. The van der Waals surface area contributed by atoms with Crippen molar-refractivity contribution >= 4 is 28.7 Å². The summed E-state index contributed by atoms with van der Waals surface area (Å²) in [6, 6.07) is -0.652. The zero-order chi connectivity index (χ0) is 20.6. The van der Waals surface area contributed by atoms with Crippen molar-refractivity contribution in [2.75, 3.05) is 18.8 Å². The summed E-state index contributed by atoms with van der Waals surface area (Å²) in [5.74, 6) is 0.125. The number of amides is 2. The zero-order valence-electron chi connectivity index (χ0n) is 17.5. The van der Waals surface area contributed by atoms with Gasteiger partial charge in [-0.2, -0.15) is 16.9 Å². The Labute approximate surface area is 165 Å². The number of hydrogen-bond donors (Lipinski definition) is 3. The minimum absolute atomic E-state index is 0.125. The van der Waals surface area contributed by atoms with Gasteiger partial charge < -0.3 is 10.6 Å². The first-order chi connectivity index (χ1) is 11.4. The van der Waals surface area contributed by atoms with Crippen LogP contribution in [0.2, 0.25) is 0 Å². The summed E-state index contributed by atoms with van der Waals surface area (Å²) < 4.78 is 27.6. The lowest BCUT2D eigenvalue weighted by Crippen LogP contribution is -2.55. The number of rotatable bonds is 4. The van der Waals surface area contributed by atoms with E-state index in [1.165, 1.54) is 0 Å². The van der Waals surface area contributed by atoms with Crippen molar-refractivity contribution in [3.05, 3.63) is 0 Å². The quantitative estimate of drug-likeness (QED) is 0.495. The zero-order valence-corrected chi connectivity index (χ0v) is 19.2. The van der Waals surface area contributed by atoms with Crippen LogP contribution >= 0.6 is 12.6 Å². The highest BCUT2D eigenvalue weighted by Crippen LogP contribution is 2.40. The first-order valence-electron chi connectivity index (χ1n) is 9.17. The SMILES string of the molecule is CC(S)NC(=O)NC(CN1CC(C)(C)CC(C)(C)CS1(=O)=O)C(C)(C)C. The molecule has 154 valence electrons. The highest BCUT2D eigenvalue weighted by Gasteiger charge is 2.43. The van der Waals surface area contributed by atoms with E-state index in [0.717, 1.165) is 6.42 Å². The van der Waals surface area contributed by atoms with Crippen molar-refractivity contribution in [1.29, 1.82) is 0 Å². The lowest BCUT2D eigenvalue weighted by atomic mass is 9.76. The molecule has 1 aliphatic rings. The van der Waals surface area contributed by atoms with Gasteiger partial charge in [-0.25, -0.2) is 13.2 Å². The van der Waals surface area contributed by atoms with E-state index < -0.39 is 10.0 Å². The number of urea groups is 1. The predicted molar refractivity (Wildman–Crippen MR) is 111 cm³/mol. The van der Waals surface area contributed by atoms with E-state index in [4.69, 9.17) is 0 Å². The Hall–Kier alpha value is -0.470. The van der Waals surface area contributed by atoms with Crippen molar-refractivity contribution in [1.82, 2.24) is 14.9 Å². The third kappa shape index (κ3) is 7.27. The van der Waals surface area contributed by atoms with E-state index in [1.54, 1.807) is 11.2 Å². The molecule has 0 aromatic rings. The summed E-state index contributed by atoms with van der Waals surface area (Å²) >= 11 is 4.17. The Morgan fingerprint density at radius 2 is 1.69 bits per heavy atom. The Balaban J connectivity index is 3.09. The molecule has 1 rings (SSSR count). The van der Waals surface area contributed by atoms with Crippen molar-refractivity contribution in [3.63, 3.8) is 0 Å². The molecule has 0 radical (unpaired) electrons. The summed E-state index contributed by atoms with van der Waals surface area (Å²) in [6.45, 7) is 16.7. The average Bonchev–Trinajstić information content (AvgIpc) is 2.36. The third-order valence-corrected chi connectivity index (χ3v) is 6.95. The van der Waals surface area contributed by atoms with E-state index in [1.807, 2.05) is 34.6 Å². The molecular weight excluding hydrogens is 370 g/mol. The number of sulfonamides is 1. The van der Waals surface area contributed by atoms with Crippen LogP contribution in [-0.4, -0.2) is 49.0 Å². The maximum Gasteiger partial charge on any atom is 0.315 e. The third-order valence-electron chi connectivity index (χ3n) is 4.60. The van der Waals surface area contributed by atoms with E-state index in [9.17, 15) is 13.2 Å². The summed E-state index contributed by atoms with van der Waals surface area (Å²) in [5.41, 5.74) is -0.698. The molecule has 1 fully saturated rings. The molecule has 0 bridgehead atoms. The molecule has 1 saturated heterocycles. The van der Waals surface area contributed by atoms with Gasteiger partial charge in [0.1, 0.15) is 0 Å². The van der Waals surface area contributed by atoms with Crippen LogP contribution in [0.25, 0.3) is 0 Å². The second-order valence-electron chi connectivity index (χ2n) is 10.3.